The van der Waals surface area contributed by atoms with E-state index in [1.165, 1.54) is 0 Å². The minimum Gasteiger partial charge on any atom is -0.370 e. The van der Waals surface area contributed by atoms with Crippen LogP contribution in [0.25, 0.3) is 0 Å². The highest BCUT2D eigenvalue weighted by Gasteiger charge is 2.29. The predicted molar refractivity (Wildman–Crippen MR) is 91.2 cm³/mol. The molecule has 0 spiro atoms. The summed E-state index contributed by atoms with van der Waals surface area (Å²) in [6.07, 6.45) is 0.790. The highest BCUT2D eigenvalue weighted by molar-refractivity contribution is 5.83. The molecule has 0 aliphatic carbocycles. The van der Waals surface area contributed by atoms with Gasteiger partial charge in [0.15, 0.2) is 0 Å². The summed E-state index contributed by atoms with van der Waals surface area (Å²) in [6.45, 7) is 3.97. The van der Waals surface area contributed by atoms with Crippen LogP contribution in [0.5, 0.6) is 0 Å². The SMILES string of the molecule is CCC(C(=O)N1CCOC(c2ccccc2)C1)c1ccccc1. The number of carbonyl (C=O) groups is 1. The van der Waals surface area contributed by atoms with Gasteiger partial charge in [0.05, 0.1) is 19.1 Å². The maximum absolute atomic E-state index is 13.0. The van der Waals surface area contributed by atoms with Gasteiger partial charge in [-0.15, -0.1) is 0 Å². The molecule has 1 saturated heterocycles. The van der Waals surface area contributed by atoms with Crippen molar-refractivity contribution in [2.45, 2.75) is 25.4 Å². The second kappa shape index (κ2) is 7.42. The number of rotatable bonds is 4. The molecule has 2 aromatic carbocycles. The maximum atomic E-state index is 13.0. The largest absolute Gasteiger partial charge is 0.370 e. The zero-order valence-corrected chi connectivity index (χ0v) is 13.5. The molecule has 23 heavy (non-hydrogen) atoms. The van der Waals surface area contributed by atoms with Crippen LogP contribution in [0, 0.1) is 0 Å². The molecular formula is C20H23NO2. The molecule has 0 bridgehead atoms. The molecule has 2 unspecified atom stereocenters. The van der Waals surface area contributed by atoms with Crippen LogP contribution >= 0.6 is 0 Å². The van der Waals surface area contributed by atoms with Gasteiger partial charge in [-0.3, -0.25) is 4.79 Å². The first-order valence-corrected chi connectivity index (χ1v) is 8.30. The van der Waals surface area contributed by atoms with E-state index >= 15 is 0 Å². The van der Waals surface area contributed by atoms with Crippen molar-refractivity contribution in [3.8, 4) is 0 Å². The van der Waals surface area contributed by atoms with E-state index in [-0.39, 0.29) is 17.9 Å². The van der Waals surface area contributed by atoms with Gasteiger partial charge in [0.2, 0.25) is 5.91 Å². The summed E-state index contributed by atoms with van der Waals surface area (Å²) in [7, 11) is 0. The molecular weight excluding hydrogens is 286 g/mol. The van der Waals surface area contributed by atoms with Gasteiger partial charge >= 0.3 is 0 Å². The number of hydrogen-bond acceptors (Lipinski definition) is 2. The Labute approximate surface area is 137 Å². The average molecular weight is 309 g/mol. The Kier molecular flexibility index (Phi) is 5.09. The predicted octanol–water partition coefficient (Wildman–Crippen LogP) is 3.78. The third-order valence-corrected chi connectivity index (χ3v) is 4.46. The van der Waals surface area contributed by atoms with Crippen molar-refractivity contribution in [2.24, 2.45) is 0 Å². The summed E-state index contributed by atoms with van der Waals surface area (Å²) >= 11 is 0. The lowest BCUT2D eigenvalue weighted by atomic mass is 9.94. The molecule has 0 N–H and O–H groups in total. The first kappa shape index (κ1) is 15.8. The number of carbonyl (C=O) groups excluding carboxylic acids is 1. The number of ether oxygens (including phenoxy) is 1. The van der Waals surface area contributed by atoms with Crippen LogP contribution in [0.4, 0.5) is 0 Å². The van der Waals surface area contributed by atoms with E-state index in [9.17, 15) is 4.79 Å². The highest BCUT2D eigenvalue weighted by Crippen LogP contribution is 2.27. The van der Waals surface area contributed by atoms with Crippen molar-refractivity contribution in [3.05, 3.63) is 71.8 Å². The van der Waals surface area contributed by atoms with Gasteiger partial charge in [0, 0.05) is 6.54 Å². The zero-order chi connectivity index (χ0) is 16.1. The summed E-state index contributed by atoms with van der Waals surface area (Å²) in [5, 5.41) is 0. The van der Waals surface area contributed by atoms with E-state index in [0.29, 0.717) is 19.7 Å². The van der Waals surface area contributed by atoms with Crippen molar-refractivity contribution in [3.63, 3.8) is 0 Å². The van der Waals surface area contributed by atoms with Crippen molar-refractivity contribution in [2.75, 3.05) is 19.7 Å². The van der Waals surface area contributed by atoms with Gasteiger partial charge in [-0.1, -0.05) is 67.6 Å². The van der Waals surface area contributed by atoms with Gasteiger partial charge in [-0.05, 0) is 17.5 Å². The fourth-order valence-corrected chi connectivity index (χ4v) is 3.18. The highest BCUT2D eigenvalue weighted by atomic mass is 16.5. The molecule has 1 fully saturated rings. The lowest BCUT2D eigenvalue weighted by Gasteiger charge is -2.35. The van der Waals surface area contributed by atoms with Crippen LogP contribution in [-0.4, -0.2) is 30.5 Å². The van der Waals surface area contributed by atoms with Crippen LogP contribution < -0.4 is 0 Å². The van der Waals surface area contributed by atoms with E-state index in [2.05, 4.69) is 19.1 Å². The Morgan fingerprint density at radius 2 is 1.78 bits per heavy atom. The summed E-state index contributed by atoms with van der Waals surface area (Å²) in [5.74, 6) is 0.147. The molecule has 0 aromatic heterocycles. The fourth-order valence-electron chi connectivity index (χ4n) is 3.18. The normalized spacial score (nSPS) is 19.3. The monoisotopic (exact) mass is 309 g/mol. The van der Waals surface area contributed by atoms with Crippen LogP contribution in [-0.2, 0) is 9.53 Å². The molecule has 1 aliphatic rings. The lowest BCUT2D eigenvalue weighted by Crippen LogP contribution is -2.44. The fraction of sp³-hybridized carbons (Fsp3) is 0.350. The van der Waals surface area contributed by atoms with Gasteiger partial charge in [0.25, 0.3) is 0 Å². The topological polar surface area (TPSA) is 29.5 Å². The Morgan fingerprint density at radius 3 is 2.43 bits per heavy atom. The summed E-state index contributed by atoms with van der Waals surface area (Å²) in [6, 6.07) is 20.2. The van der Waals surface area contributed by atoms with E-state index in [1.807, 2.05) is 53.4 Å². The second-order valence-corrected chi connectivity index (χ2v) is 5.93. The Balaban J connectivity index is 1.74. The molecule has 1 heterocycles. The van der Waals surface area contributed by atoms with Crippen LogP contribution in [0.2, 0.25) is 0 Å². The lowest BCUT2D eigenvalue weighted by molar-refractivity contribution is -0.140. The summed E-state index contributed by atoms with van der Waals surface area (Å²) in [4.78, 5) is 14.9. The van der Waals surface area contributed by atoms with Crippen LogP contribution in [0.1, 0.15) is 36.5 Å². The molecule has 3 rings (SSSR count). The van der Waals surface area contributed by atoms with E-state index < -0.39 is 0 Å². The van der Waals surface area contributed by atoms with E-state index in [0.717, 1.165) is 17.5 Å². The smallest absolute Gasteiger partial charge is 0.230 e. The molecule has 1 amide bonds. The molecule has 120 valence electrons. The quantitative estimate of drug-likeness (QED) is 0.860. The van der Waals surface area contributed by atoms with Crippen LogP contribution in [0.15, 0.2) is 60.7 Å². The van der Waals surface area contributed by atoms with Crippen molar-refractivity contribution in [1.29, 1.82) is 0 Å². The zero-order valence-electron chi connectivity index (χ0n) is 13.5. The van der Waals surface area contributed by atoms with Crippen molar-refractivity contribution < 1.29 is 9.53 Å². The van der Waals surface area contributed by atoms with Crippen LogP contribution in [0.3, 0.4) is 0 Å². The standard InChI is InChI=1S/C20H23NO2/c1-2-18(16-9-5-3-6-10-16)20(22)21-13-14-23-19(15-21)17-11-7-4-8-12-17/h3-12,18-19H,2,13-15H2,1H3. The summed E-state index contributed by atoms with van der Waals surface area (Å²) < 4.78 is 5.87. The number of amides is 1. The Morgan fingerprint density at radius 1 is 1.13 bits per heavy atom. The minimum absolute atomic E-state index is 0.0258. The third-order valence-electron chi connectivity index (χ3n) is 4.46. The van der Waals surface area contributed by atoms with Gasteiger partial charge in [0.1, 0.15) is 6.10 Å². The first-order chi connectivity index (χ1) is 11.3. The van der Waals surface area contributed by atoms with Gasteiger partial charge in [-0.25, -0.2) is 0 Å². The number of hydrogen-bond donors (Lipinski definition) is 0. The molecule has 3 heteroatoms. The third kappa shape index (κ3) is 3.62. The molecule has 2 aromatic rings. The number of benzene rings is 2. The first-order valence-electron chi connectivity index (χ1n) is 8.30. The van der Waals surface area contributed by atoms with E-state index in [4.69, 9.17) is 4.74 Å². The maximum Gasteiger partial charge on any atom is 0.230 e. The molecule has 0 saturated carbocycles. The van der Waals surface area contributed by atoms with Crippen molar-refractivity contribution in [1.82, 2.24) is 4.90 Å². The van der Waals surface area contributed by atoms with Gasteiger partial charge < -0.3 is 9.64 Å². The molecule has 0 radical (unpaired) electrons. The second-order valence-electron chi connectivity index (χ2n) is 5.93. The number of morpholine rings is 1. The Bertz CT molecular complexity index is 627. The molecule has 2 atom stereocenters. The number of nitrogens with zero attached hydrogens (tertiary/aromatic N) is 1. The van der Waals surface area contributed by atoms with E-state index in [1.54, 1.807) is 0 Å². The summed E-state index contributed by atoms with van der Waals surface area (Å²) in [5.41, 5.74) is 2.24. The van der Waals surface area contributed by atoms with Gasteiger partial charge in [-0.2, -0.15) is 0 Å². The van der Waals surface area contributed by atoms with Crippen molar-refractivity contribution >= 4 is 5.91 Å². The molecule has 3 nitrogen and oxygen atoms in total. The Hall–Kier alpha value is -2.13. The molecule has 1 aliphatic heterocycles. The minimum atomic E-state index is -0.0641. The average Bonchev–Trinajstić information content (AvgIpc) is 2.64.